The maximum Gasteiger partial charge on any atom is 0.214 e. The van der Waals surface area contributed by atoms with Gasteiger partial charge in [-0.15, -0.1) is 0 Å². The van der Waals surface area contributed by atoms with E-state index in [-0.39, 0.29) is 24.5 Å². The molecule has 28 heavy (non-hydrogen) atoms. The molecule has 0 aromatic heterocycles. The van der Waals surface area contributed by atoms with Crippen molar-refractivity contribution in [2.45, 2.75) is 50.8 Å². The van der Waals surface area contributed by atoms with Gasteiger partial charge in [-0.05, 0) is 69.7 Å². The first-order valence-electron chi connectivity index (χ1n) is 10.2. The van der Waals surface area contributed by atoms with E-state index in [1.165, 1.54) is 0 Å². The Hall–Kier alpha value is -1.35. The van der Waals surface area contributed by atoms with Crippen molar-refractivity contribution in [1.82, 2.24) is 4.72 Å². The number of nitrogens with one attached hydrogen (secondary N) is 2. The minimum Gasteiger partial charge on any atom is -0.395 e. The van der Waals surface area contributed by atoms with Crippen molar-refractivity contribution in [2.75, 3.05) is 43.1 Å². The van der Waals surface area contributed by atoms with Gasteiger partial charge in [0, 0.05) is 37.1 Å². The highest BCUT2D eigenvalue weighted by Gasteiger charge is 2.26. The molecule has 0 saturated heterocycles. The second-order valence-corrected chi connectivity index (χ2v) is 10.1. The van der Waals surface area contributed by atoms with Crippen LogP contribution in [0.5, 0.6) is 0 Å². The molecule has 1 fully saturated rings. The lowest BCUT2D eigenvalue weighted by Gasteiger charge is -2.30. The number of hydrogen-bond donors (Lipinski definition) is 4. The highest BCUT2D eigenvalue weighted by molar-refractivity contribution is 7.90. The fourth-order valence-corrected chi connectivity index (χ4v) is 4.49. The predicted molar refractivity (Wildman–Crippen MR) is 114 cm³/mol. The zero-order valence-electron chi connectivity index (χ0n) is 17.0. The van der Waals surface area contributed by atoms with Crippen molar-refractivity contribution < 1.29 is 18.6 Å². The van der Waals surface area contributed by atoms with E-state index >= 15 is 0 Å². The van der Waals surface area contributed by atoms with E-state index in [4.69, 9.17) is 10.2 Å². The Morgan fingerprint density at radius 3 is 2.11 bits per heavy atom. The number of benzene rings is 1. The van der Waals surface area contributed by atoms with Crippen LogP contribution in [0.25, 0.3) is 0 Å². The standard InChI is InChI=1S/C20H35N3O4S/c1-16(2)28(26,27)22-19-5-3-17(4-6-19)15-21-18-7-9-20(10-8-18)23(11-13-24)12-14-25/h7-10,16-17,19,21-22,24-25H,3-6,11-15H2,1-2H3. The monoisotopic (exact) mass is 413 g/mol. The van der Waals surface area contributed by atoms with Gasteiger partial charge in [-0.2, -0.15) is 0 Å². The highest BCUT2D eigenvalue weighted by atomic mass is 32.2. The molecule has 0 amide bonds. The summed E-state index contributed by atoms with van der Waals surface area (Å²) in [6, 6.07) is 8.07. The number of aliphatic hydroxyl groups excluding tert-OH is 2. The van der Waals surface area contributed by atoms with Gasteiger partial charge in [0.1, 0.15) is 0 Å². The summed E-state index contributed by atoms with van der Waals surface area (Å²) in [5, 5.41) is 21.4. The van der Waals surface area contributed by atoms with Gasteiger partial charge >= 0.3 is 0 Å². The third-order valence-corrected chi connectivity index (χ3v) is 7.27. The van der Waals surface area contributed by atoms with E-state index in [1.54, 1.807) is 13.8 Å². The number of rotatable bonds is 11. The predicted octanol–water partition coefficient (Wildman–Crippen LogP) is 1.78. The fraction of sp³-hybridized carbons (Fsp3) is 0.700. The molecule has 1 aliphatic rings. The van der Waals surface area contributed by atoms with Crippen LogP contribution in [0, 0.1) is 5.92 Å². The van der Waals surface area contributed by atoms with Gasteiger partial charge in [0.15, 0.2) is 0 Å². The zero-order chi connectivity index (χ0) is 20.6. The van der Waals surface area contributed by atoms with Crippen molar-refractivity contribution in [1.29, 1.82) is 0 Å². The third kappa shape index (κ3) is 6.92. The Morgan fingerprint density at radius 1 is 1.04 bits per heavy atom. The molecule has 0 unspecified atom stereocenters. The van der Waals surface area contributed by atoms with Crippen molar-refractivity contribution in [2.24, 2.45) is 5.92 Å². The van der Waals surface area contributed by atoms with Gasteiger partial charge in [0.25, 0.3) is 0 Å². The molecule has 160 valence electrons. The lowest BCUT2D eigenvalue weighted by atomic mass is 9.86. The van der Waals surface area contributed by atoms with Crippen LogP contribution in [0.3, 0.4) is 0 Å². The Morgan fingerprint density at radius 2 is 1.61 bits per heavy atom. The van der Waals surface area contributed by atoms with Gasteiger partial charge in [0.05, 0.1) is 18.5 Å². The van der Waals surface area contributed by atoms with E-state index in [9.17, 15) is 8.42 Å². The first-order valence-corrected chi connectivity index (χ1v) is 11.7. The number of sulfonamides is 1. The summed E-state index contributed by atoms with van der Waals surface area (Å²) >= 11 is 0. The smallest absolute Gasteiger partial charge is 0.214 e. The molecule has 0 bridgehead atoms. The van der Waals surface area contributed by atoms with Crippen LogP contribution >= 0.6 is 0 Å². The molecule has 1 aromatic rings. The van der Waals surface area contributed by atoms with Crippen LogP contribution in [-0.2, 0) is 10.0 Å². The summed E-state index contributed by atoms with van der Waals surface area (Å²) in [4.78, 5) is 1.95. The minimum absolute atomic E-state index is 0.0516. The van der Waals surface area contributed by atoms with E-state index < -0.39 is 10.0 Å². The van der Waals surface area contributed by atoms with E-state index in [1.807, 2.05) is 29.2 Å². The molecular weight excluding hydrogens is 378 g/mol. The van der Waals surface area contributed by atoms with Crippen LogP contribution in [0.2, 0.25) is 0 Å². The summed E-state index contributed by atoms with van der Waals surface area (Å²) in [7, 11) is -3.19. The molecule has 0 aliphatic heterocycles. The fourth-order valence-electron chi connectivity index (χ4n) is 3.52. The van der Waals surface area contributed by atoms with Gasteiger partial charge < -0.3 is 20.4 Å². The molecule has 0 spiro atoms. The van der Waals surface area contributed by atoms with Gasteiger partial charge in [-0.25, -0.2) is 13.1 Å². The third-order valence-electron chi connectivity index (χ3n) is 5.37. The van der Waals surface area contributed by atoms with Crippen LogP contribution in [0.4, 0.5) is 11.4 Å². The normalized spacial score (nSPS) is 20.3. The SMILES string of the molecule is CC(C)S(=O)(=O)NC1CCC(CNc2ccc(N(CCO)CCO)cc2)CC1. The molecule has 7 nitrogen and oxygen atoms in total. The van der Waals surface area contributed by atoms with Gasteiger partial charge in [-0.3, -0.25) is 0 Å². The molecule has 2 rings (SSSR count). The summed E-state index contributed by atoms with van der Waals surface area (Å²) in [6.07, 6.45) is 3.79. The van der Waals surface area contributed by atoms with Crippen LogP contribution in [0.15, 0.2) is 24.3 Å². The first kappa shape index (κ1) is 22.9. The Labute approximate surface area is 169 Å². The summed E-state index contributed by atoms with van der Waals surface area (Å²) in [5.74, 6) is 0.541. The number of nitrogens with zero attached hydrogens (tertiary/aromatic N) is 1. The molecule has 0 atom stereocenters. The lowest BCUT2D eigenvalue weighted by molar-refractivity contribution is 0.281. The number of anilines is 2. The van der Waals surface area contributed by atoms with E-state index in [0.29, 0.717) is 19.0 Å². The second-order valence-electron chi connectivity index (χ2n) is 7.79. The molecule has 1 aliphatic carbocycles. The molecular formula is C20H35N3O4S. The molecule has 4 N–H and O–H groups in total. The highest BCUT2D eigenvalue weighted by Crippen LogP contribution is 2.26. The summed E-state index contributed by atoms with van der Waals surface area (Å²) < 4.78 is 26.8. The van der Waals surface area contributed by atoms with Crippen LogP contribution in [0.1, 0.15) is 39.5 Å². The maximum atomic E-state index is 12.0. The zero-order valence-corrected chi connectivity index (χ0v) is 17.8. The van der Waals surface area contributed by atoms with E-state index in [2.05, 4.69) is 10.0 Å². The minimum atomic E-state index is -3.19. The maximum absolute atomic E-state index is 12.0. The molecule has 1 saturated carbocycles. The Kier molecular flexibility index (Phi) is 9.01. The largest absolute Gasteiger partial charge is 0.395 e. The topological polar surface area (TPSA) is 102 Å². The lowest BCUT2D eigenvalue weighted by Crippen LogP contribution is -2.41. The summed E-state index contributed by atoms with van der Waals surface area (Å²) in [6.45, 7) is 5.38. The Bertz CT molecular complexity index is 665. The Balaban J connectivity index is 1.78. The first-order chi connectivity index (χ1) is 13.4. The van der Waals surface area contributed by atoms with Crippen molar-refractivity contribution in [3.8, 4) is 0 Å². The van der Waals surface area contributed by atoms with Crippen molar-refractivity contribution in [3.05, 3.63) is 24.3 Å². The molecule has 1 aromatic carbocycles. The second kappa shape index (κ2) is 11.0. The van der Waals surface area contributed by atoms with Gasteiger partial charge in [0.2, 0.25) is 10.0 Å². The van der Waals surface area contributed by atoms with Gasteiger partial charge in [-0.1, -0.05) is 0 Å². The van der Waals surface area contributed by atoms with E-state index in [0.717, 1.165) is 43.6 Å². The van der Waals surface area contributed by atoms with Crippen molar-refractivity contribution >= 4 is 21.4 Å². The van der Waals surface area contributed by atoms with Crippen LogP contribution in [-0.4, -0.2) is 62.8 Å². The molecule has 0 heterocycles. The average molecular weight is 414 g/mol. The molecule has 0 radical (unpaired) electrons. The number of hydrogen-bond acceptors (Lipinski definition) is 6. The number of aliphatic hydroxyl groups is 2. The summed E-state index contributed by atoms with van der Waals surface area (Å²) in [5.41, 5.74) is 2.02. The average Bonchev–Trinajstić information content (AvgIpc) is 2.67. The molecule has 8 heteroatoms. The van der Waals surface area contributed by atoms with Crippen LogP contribution < -0.4 is 14.9 Å². The quantitative estimate of drug-likeness (QED) is 0.441. The van der Waals surface area contributed by atoms with Crippen molar-refractivity contribution in [3.63, 3.8) is 0 Å².